The molecule has 5 nitrogen and oxygen atoms in total. The molecule has 1 atom stereocenters. The number of ether oxygens (including phenoxy) is 2. The number of rotatable bonds is 3. The Bertz CT molecular complexity index is 835. The highest BCUT2D eigenvalue weighted by molar-refractivity contribution is 8.15. The van der Waals surface area contributed by atoms with E-state index < -0.39 is 10.8 Å². The number of thioether (sulfide) groups is 1. The molecule has 2 heterocycles. The van der Waals surface area contributed by atoms with Gasteiger partial charge < -0.3 is 14.8 Å². The summed E-state index contributed by atoms with van der Waals surface area (Å²) in [4.78, 5) is 17.8. The minimum Gasteiger partial charge on any atom is -0.473 e. The standard InChI is InChI=1S/C20H20N2O3S/c1-3-24-18(23)17-20(22-19(26-17)25-4-2)13-9-5-7-11-15(13)21-16-12-8-6-10-14(16)20/h5-12,17,21H,3-4H2,1-2H3. The molecule has 0 fully saturated rings. The fourth-order valence-corrected chi connectivity index (χ4v) is 4.81. The van der Waals surface area contributed by atoms with E-state index in [9.17, 15) is 4.79 Å². The van der Waals surface area contributed by atoms with E-state index in [1.54, 1.807) is 0 Å². The first kappa shape index (κ1) is 17.0. The fourth-order valence-electron chi connectivity index (χ4n) is 3.58. The third kappa shape index (κ3) is 2.48. The predicted molar refractivity (Wildman–Crippen MR) is 104 cm³/mol. The number of esters is 1. The second kappa shape index (κ2) is 6.68. The molecule has 4 rings (SSSR count). The Kier molecular flexibility index (Phi) is 4.36. The molecule has 0 amide bonds. The van der Waals surface area contributed by atoms with Crippen molar-refractivity contribution in [3.63, 3.8) is 0 Å². The quantitative estimate of drug-likeness (QED) is 0.828. The molecule has 0 aliphatic carbocycles. The molecule has 0 bridgehead atoms. The van der Waals surface area contributed by atoms with Gasteiger partial charge in [0.15, 0.2) is 0 Å². The van der Waals surface area contributed by atoms with E-state index in [1.165, 1.54) is 11.8 Å². The lowest BCUT2D eigenvalue weighted by Crippen LogP contribution is -2.43. The number of aliphatic imine (C=N–C) groups is 1. The number of nitrogens with one attached hydrogen (secondary N) is 1. The highest BCUT2D eigenvalue weighted by Crippen LogP contribution is 2.55. The van der Waals surface area contributed by atoms with Crippen molar-refractivity contribution in [3.8, 4) is 0 Å². The number of fused-ring (bicyclic) bond motifs is 4. The topological polar surface area (TPSA) is 59.9 Å². The van der Waals surface area contributed by atoms with Crippen molar-refractivity contribution in [1.29, 1.82) is 0 Å². The maximum atomic E-state index is 12.9. The smallest absolute Gasteiger partial charge is 0.322 e. The van der Waals surface area contributed by atoms with Crippen molar-refractivity contribution in [2.75, 3.05) is 18.5 Å². The predicted octanol–water partition coefficient (Wildman–Crippen LogP) is 4.06. The van der Waals surface area contributed by atoms with Gasteiger partial charge in [-0.05, 0) is 37.7 Å². The first-order valence-electron chi connectivity index (χ1n) is 8.72. The monoisotopic (exact) mass is 368 g/mol. The van der Waals surface area contributed by atoms with Gasteiger partial charge in [0.25, 0.3) is 0 Å². The number of carbonyl (C=O) groups excluding carboxylic acids is 1. The van der Waals surface area contributed by atoms with Gasteiger partial charge in [0.2, 0.25) is 5.23 Å². The summed E-state index contributed by atoms with van der Waals surface area (Å²) in [6.07, 6.45) is 0. The number of para-hydroxylation sites is 2. The van der Waals surface area contributed by atoms with Gasteiger partial charge in [0.1, 0.15) is 10.8 Å². The van der Waals surface area contributed by atoms with Crippen LogP contribution in [0.15, 0.2) is 53.5 Å². The molecule has 2 aliphatic rings. The first-order valence-corrected chi connectivity index (χ1v) is 9.60. The highest BCUT2D eigenvalue weighted by atomic mass is 32.2. The number of hydrogen-bond donors (Lipinski definition) is 1. The average molecular weight is 368 g/mol. The summed E-state index contributed by atoms with van der Waals surface area (Å²) >= 11 is 1.34. The second-order valence-electron chi connectivity index (χ2n) is 6.04. The SMILES string of the molecule is CCOC(=O)C1SC(OCC)=NC12c1ccccc1Nc1ccccc12. The zero-order chi connectivity index (χ0) is 18.1. The van der Waals surface area contributed by atoms with Crippen LogP contribution in [0.1, 0.15) is 25.0 Å². The zero-order valence-electron chi connectivity index (χ0n) is 14.7. The van der Waals surface area contributed by atoms with E-state index in [0.29, 0.717) is 18.4 Å². The maximum absolute atomic E-state index is 12.9. The summed E-state index contributed by atoms with van der Waals surface area (Å²) in [5.74, 6) is -0.276. The van der Waals surface area contributed by atoms with Crippen LogP contribution in [0, 0.1) is 0 Å². The Morgan fingerprint density at radius 2 is 1.69 bits per heavy atom. The van der Waals surface area contributed by atoms with Crippen LogP contribution in [0.25, 0.3) is 0 Å². The second-order valence-corrected chi connectivity index (χ2v) is 7.10. The van der Waals surface area contributed by atoms with Gasteiger partial charge >= 0.3 is 5.97 Å². The van der Waals surface area contributed by atoms with Gasteiger partial charge in [0, 0.05) is 22.5 Å². The summed E-state index contributed by atoms with van der Waals surface area (Å²) in [6.45, 7) is 4.56. The summed E-state index contributed by atoms with van der Waals surface area (Å²) in [7, 11) is 0. The lowest BCUT2D eigenvalue weighted by molar-refractivity contribution is -0.143. The molecule has 2 aromatic carbocycles. The molecule has 0 radical (unpaired) electrons. The minimum atomic E-state index is -0.861. The van der Waals surface area contributed by atoms with E-state index in [1.807, 2.05) is 62.4 Å². The number of nitrogens with zero attached hydrogens (tertiary/aromatic N) is 1. The maximum Gasteiger partial charge on any atom is 0.322 e. The van der Waals surface area contributed by atoms with Crippen molar-refractivity contribution >= 4 is 34.3 Å². The number of benzene rings is 2. The largest absolute Gasteiger partial charge is 0.473 e. The highest BCUT2D eigenvalue weighted by Gasteiger charge is 2.56. The van der Waals surface area contributed by atoms with Gasteiger partial charge in [-0.25, -0.2) is 4.99 Å². The van der Waals surface area contributed by atoms with E-state index in [2.05, 4.69) is 5.32 Å². The molecule has 1 unspecified atom stereocenters. The van der Waals surface area contributed by atoms with Gasteiger partial charge in [-0.2, -0.15) is 0 Å². The third-order valence-electron chi connectivity index (χ3n) is 4.58. The number of hydrogen-bond acceptors (Lipinski definition) is 6. The molecule has 1 N–H and O–H groups in total. The summed E-state index contributed by atoms with van der Waals surface area (Å²) in [6, 6.07) is 15.9. The van der Waals surface area contributed by atoms with Crippen LogP contribution >= 0.6 is 11.8 Å². The number of carbonyl (C=O) groups is 1. The molecule has 26 heavy (non-hydrogen) atoms. The minimum absolute atomic E-state index is 0.276. The molecule has 0 aromatic heterocycles. The zero-order valence-corrected chi connectivity index (χ0v) is 15.5. The molecular weight excluding hydrogens is 348 g/mol. The van der Waals surface area contributed by atoms with Crippen LogP contribution in [-0.2, 0) is 19.8 Å². The fraction of sp³-hybridized carbons (Fsp3) is 0.300. The van der Waals surface area contributed by atoms with Gasteiger partial charge in [-0.3, -0.25) is 4.79 Å². The van der Waals surface area contributed by atoms with E-state index in [-0.39, 0.29) is 5.97 Å². The molecular formula is C20H20N2O3S. The van der Waals surface area contributed by atoms with Crippen molar-refractivity contribution in [1.82, 2.24) is 0 Å². The van der Waals surface area contributed by atoms with Crippen molar-refractivity contribution < 1.29 is 14.3 Å². The summed E-state index contributed by atoms with van der Waals surface area (Å²) in [5.41, 5.74) is 2.95. The van der Waals surface area contributed by atoms with Gasteiger partial charge in [0.05, 0.1) is 13.2 Å². The molecule has 1 spiro atoms. The molecule has 0 saturated carbocycles. The van der Waals surface area contributed by atoms with Crippen LogP contribution in [0.2, 0.25) is 0 Å². The molecule has 2 aliphatic heterocycles. The summed E-state index contributed by atoms with van der Waals surface area (Å²) in [5, 5.41) is 3.45. The van der Waals surface area contributed by atoms with Crippen LogP contribution in [0.3, 0.4) is 0 Å². The van der Waals surface area contributed by atoms with Crippen LogP contribution in [-0.4, -0.2) is 29.7 Å². The van der Waals surface area contributed by atoms with Gasteiger partial charge in [-0.15, -0.1) is 0 Å². The van der Waals surface area contributed by atoms with Crippen molar-refractivity contribution in [2.45, 2.75) is 24.6 Å². The number of anilines is 2. The van der Waals surface area contributed by atoms with Gasteiger partial charge in [-0.1, -0.05) is 36.4 Å². The Balaban J connectivity index is 1.97. The van der Waals surface area contributed by atoms with Crippen molar-refractivity contribution in [3.05, 3.63) is 59.7 Å². The van der Waals surface area contributed by atoms with Crippen LogP contribution in [0.4, 0.5) is 11.4 Å². The van der Waals surface area contributed by atoms with E-state index in [0.717, 1.165) is 22.5 Å². The molecule has 6 heteroatoms. The van der Waals surface area contributed by atoms with Crippen LogP contribution < -0.4 is 5.32 Å². The Hall–Kier alpha value is -2.47. The normalized spacial score (nSPS) is 19.2. The average Bonchev–Trinajstić information content (AvgIpc) is 3.03. The Morgan fingerprint density at radius 1 is 1.08 bits per heavy atom. The third-order valence-corrected chi connectivity index (χ3v) is 5.76. The molecule has 0 saturated heterocycles. The molecule has 2 aromatic rings. The van der Waals surface area contributed by atoms with Crippen LogP contribution in [0.5, 0.6) is 0 Å². The lowest BCUT2D eigenvalue weighted by Gasteiger charge is -2.38. The first-order chi connectivity index (χ1) is 12.7. The Morgan fingerprint density at radius 3 is 2.27 bits per heavy atom. The van der Waals surface area contributed by atoms with E-state index >= 15 is 0 Å². The summed E-state index contributed by atoms with van der Waals surface area (Å²) < 4.78 is 11.1. The molecule has 134 valence electrons. The Labute approximate surface area is 156 Å². The lowest BCUT2D eigenvalue weighted by atomic mass is 9.76. The van der Waals surface area contributed by atoms with E-state index in [4.69, 9.17) is 14.5 Å². The van der Waals surface area contributed by atoms with Crippen molar-refractivity contribution in [2.24, 2.45) is 4.99 Å².